The van der Waals surface area contributed by atoms with Crippen molar-refractivity contribution in [2.45, 2.75) is 18.7 Å². The molecule has 0 radical (unpaired) electrons. The summed E-state index contributed by atoms with van der Waals surface area (Å²) in [6.07, 6.45) is 1.59. The Hall–Kier alpha value is -4.89. The molecule has 0 aliphatic carbocycles. The highest BCUT2D eigenvalue weighted by Gasteiger charge is 2.17. The summed E-state index contributed by atoms with van der Waals surface area (Å²) in [4.78, 5) is 12.6. The zero-order valence-corrected chi connectivity index (χ0v) is 23.3. The predicted molar refractivity (Wildman–Crippen MR) is 162 cm³/mol. The molecule has 0 fully saturated rings. The molecular weight excluding hydrogens is 534 g/mol. The van der Waals surface area contributed by atoms with Crippen LogP contribution in [0.2, 0.25) is 0 Å². The number of rotatable bonds is 12. The van der Waals surface area contributed by atoms with Gasteiger partial charge in [-0.05, 0) is 54.4 Å². The molecule has 5 aromatic rings. The summed E-state index contributed by atoms with van der Waals surface area (Å²) in [5, 5.41) is 13.5. The van der Waals surface area contributed by atoms with Crippen LogP contribution in [0.15, 0.2) is 119 Å². The Morgan fingerprint density at radius 1 is 0.878 bits per heavy atom. The van der Waals surface area contributed by atoms with Gasteiger partial charge in [-0.1, -0.05) is 84.6 Å². The van der Waals surface area contributed by atoms with Crippen molar-refractivity contribution in [2.75, 3.05) is 12.4 Å². The fraction of sp³-hybridized carbons (Fsp3) is 0.125. The summed E-state index contributed by atoms with van der Waals surface area (Å²) >= 11 is 1.29. The van der Waals surface area contributed by atoms with E-state index >= 15 is 0 Å². The van der Waals surface area contributed by atoms with Crippen LogP contribution in [0.5, 0.6) is 11.5 Å². The first-order valence-corrected chi connectivity index (χ1v) is 14.1. The van der Waals surface area contributed by atoms with Gasteiger partial charge in [0.2, 0.25) is 0 Å². The fourth-order valence-electron chi connectivity index (χ4n) is 4.00. The van der Waals surface area contributed by atoms with Gasteiger partial charge in [0.1, 0.15) is 18.1 Å². The summed E-state index contributed by atoms with van der Waals surface area (Å²) in [7, 11) is 0. The third-order valence-electron chi connectivity index (χ3n) is 5.91. The Bertz CT molecular complexity index is 1590. The number of aromatic nitrogens is 3. The number of carbonyl (C=O) groups excluding carboxylic acids is 1. The van der Waals surface area contributed by atoms with Gasteiger partial charge in [-0.2, -0.15) is 5.10 Å². The number of amides is 1. The summed E-state index contributed by atoms with van der Waals surface area (Å²) in [6.45, 7) is 3.01. The summed E-state index contributed by atoms with van der Waals surface area (Å²) in [5.74, 6) is 2.05. The van der Waals surface area contributed by atoms with Crippen molar-refractivity contribution in [1.29, 1.82) is 0 Å². The van der Waals surface area contributed by atoms with E-state index in [4.69, 9.17) is 9.47 Å². The molecule has 41 heavy (non-hydrogen) atoms. The lowest BCUT2D eigenvalue weighted by Crippen LogP contribution is -2.20. The Kier molecular flexibility index (Phi) is 9.42. The zero-order valence-electron chi connectivity index (χ0n) is 22.5. The monoisotopic (exact) mass is 563 g/mol. The largest absolute Gasteiger partial charge is 0.494 e. The number of hydrogen-bond donors (Lipinski definition) is 1. The van der Waals surface area contributed by atoms with Gasteiger partial charge >= 0.3 is 0 Å². The molecule has 1 amide bonds. The third kappa shape index (κ3) is 7.61. The molecule has 206 valence electrons. The molecule has 5 rings (SSSR count). The predicted octanol–water partition coefficient (Wildman–Crippen LogP) is 6.15. The van der Waals surface area contributed by atoms with E-state index in [0.29, 0.717) is 24.2 Å². The van der Waals surface area contributed by atoms with Gasteiger partial charge in [-0.3, -0.25) is 9.36 Å². The van der Waals surface area contributed by atoms with Gasteiger partial charge in [-0.25, -0.2) is 5.43 Å². The molecule has 4 aromatic carbocycles. The van der Waals surface area contributed by atoms with Crippen molar-refractivity contribution >= 4 is 23.9 Å². The SMILES string of the molecule is CCOc1ccc(-n2c(SCC(=O)N/N=C/c3cccc(OCc4ccccc4)c3)nnc2-c2ccccc2)cc1. The van der Waals surface area contributed by atoms with Gasteiger partial charge < -0.3 is 9.47 Å². The smallest absolute Gasteiger partial charge is 0.250 e. The first-order chi connectivity index (χ1) is 20.2. The molecule has 0 atom stereocenters. The molecule has 8 nitrogen and oxygen atoms in total. The first kappa shape index (κ1) is 27.7. The summed E-state index contributed by atoms with van der Waals surface area (Å²) < 4.78 is 13.4. The lowest BCUT2D eigenvalue weighted by atomic mass is 10.2. The molecule has 0 saturated heterocycles. The highest BCUT2D eigenvalue weighted by molar-refractivity contribution is 7.99. The standard InChI is InChI=1S/C32H29N5O3S/c1-2-39-28-18-16-27(17-19-28)37-31(26-13-7-4-8-14-26)35-36-32(37)41-23-30(38)34-33-21-25-12-9-15-29(20-25)40-22-24-10-5-3-6-11-24/h3-21H,2,22-23H2,1H3,(H,34,38)/b33-21+. The maximum absolute atomic E-state index is 12.6. The molecule has 0 spiro atoms. The normalized spacial score (nSPS) is 11.0. The maximum Gasteiger partial charge on any atom is 0.250 e. The number of nitrogens with one attached hydrogen (secondary N) is 1. The number of thioether (sulfide) groups is 1. The minimum absolute atomic E-state index is 0.113. The van der Waals surface area contributed by atoms with Crippen LogP contribution in [0.3, 0.4) is 0 Å². The number of hydrazone groups is 1. The van der Waals surface area contributed by atoms with Gasteiger partial charge in [0.15, 0.2) is 11.0 Å². The second-order valence-corrected chi connectivity index (χ2v) is 9.81. The molecular formula is C32H29N5O3S. The fourth-order valence-corrected chi connectivity index (χ4v) is 4.74. The highest BCUT2D eigenvalue weighted by Crippen LogP contribution is 2.29. The number of nitrogens with zero attached hydrogens (tertiary/aromatic N) is 4. The van der Waals surface area contributed by atoms with Crippen molar-refractivity contribution < 1.29 is 14.3 Å². The van der Waals surface area contributed by atoms with E-state index in [1.807, 2.05) is 121 Å². The lowest BCUT2D eigenvalue weighted by molar-refractivity contribution is -0.118. The third-order valence-corrected chi connectivity index (χ3v) is 6.84. The van der Waals surface area contributed by atoms with Crippen LogP contribution in [0.1, 0.15) is 18.1 Å². The van der Waals surface area contributed by atoms with Gasteiger partial charge in [0.05, 0.1) is 18.6 Å². The summed E-state index contributed by atoms with van der Waals surface area (Å²) in [5.41, 5.74) is 6.28. The van der Waals surface area contributed by atoms with E-state index in [0.717, 1.165) is 33.9 Å². The van der Waals surface area contributed by atoms with E-state index in [-0.39, 0.29) is 11.7 Å². The summed E-state index contributed by atoms with van der Waals surface area (Å²) in [6, 6.07) is 35.0. The molecule has 1 aromatic heterocycles. The molecule has 0 aliphatic heterocycles. The van der Waals surface area contributed by atoms with Crippen LogP contribution < -0.4 is 14.9 Å². The average molecular weight is 564 g/mol. The molecule has 0 bridgehead atoms. The van der Waals surface area contributed by atoms with E-state index in [9.17, 15) is 4.79 Å². The van der Waals surface area contributed by atoms with Crippen molar-refractivity contribution in [3.63, 3.8) is 0 Å². The number of benzene rings is 4. The Labute approximate surface area is 243 Å². The van der Waals surface area contributed by atoms with Crippen molar-refractivity contribution in [1.82, 2.24) is 20.2 Å². The van der Waals surface area contributed by atoms with Gasteiger partial charge in [0, 0.05) is 11.3 Å². The number of carbonyl (C=O) groups is 1. The number of hydrogen-bond acceptors (Lipinski definition) is 7. The van der Waals surface area contributed by atoms with Gasteiger partial charge in [-0.15, -0.1) is 10.2 Å². The van der Waals surface area contributed by atoms with Crippen molar-refractivity contribution in [3.8, 4) is 28.6 Å². The minimum Gasteiger partial charge on any atom is -0.494 e. The minimum atomic E-state index is -0.259. The van der Waals surface area contributed by atoms with E-state index < -0.39 is 0 Å². The molecule has 0 unspecified atom stereocenters. The average Bonchev–Trinajstić information content (AvgIpc) is 3.45. The molecule has 0 aliphatic rings. The topological polar surface area (TPSA) is 90.6 Å². The van der Waals surface area contributed by atoms with Crippen molar-refractivity contribution in [2.24, 2.45) is 5.10 Å². The lowest BCUT2D eigenvalue weighted by Gasteiger charge is -2.11. The Morgan fingerprint density at radius 3 is 2.39 bits per heavy atom. The van der Waals surface area contributed by atoms with E-state index in [2.05, 4.69) is 20.7 Å². The molecule has 9 heteroatoms. The van der Waals surface area contributed by atoms with Crippen LogP contribution in [0.4, 0.5) is 0 Å². The maximum atomic E-state index is 12.6. The second kappa shape index (κ2) is 14.0. The van der Waals surface area contributed by atoms with Crippen molar-refractivity contribution in [3.05, 3.63) is 120 Å². The second-order valence-electron chi connectivity index (χ2n) is 8.86. The van der Waals surface area contributed by atoms with E-state index in [1.165, 1.54) is 11.8 Å². The number of ether oxygens (including phenoxy) is 2. The highest BCUT2D eigenvalue weighted by atomic mass is 32.2. The molecule has 1 heterocycles. The molecule has 1 N–H and O–H groups in total. The van der Waals surface area contributed by atoms with E-state index in [1.54, 1.807) is 6.21 Å². The van der Waals surface area contributed by atoms with Gasteiger partial charge in [0.25, 0.3) is 5.91 Å². The zero-order chi connectivity index (χ0) is 28.3. The first-order valence-electron chi connectivity index (χ1n) is 13.1. The van der Waals surface area contributed by atoms with Crippen LogP contribution in [0, 0.1) is 0 Å². The molecule has 0 saturated carbocycles. The van der Waals surface area contributed by atoms with Crippen LogP contribution >= 0.6 is 11.8 Å². The Balaban J connectivity index is 1.22. The quantitative estimate of drug-likeness (QED) is 0.111. The van der Waals surface area contributed by atoms with Crippen LogP contribution in [0.25, 0.3) is 17.1 Å². The van der Waals surface area contributed by atoms with Crippen LogP contribution in [-0.4, -0.2) is 39.2 Å². The Morgan fingerprint density at radius 2 is 1.63 bits per heavy atom. The van der Waals surface area contributed by atoms with Crippen LogP contribution in [-0.2, 0) is 11.4 Å².